The molecule has 5 N–H and O–H groups in total. The van der Waals surface area contributed by atoms with E-state index in [9.17, 15) is 28.8 Å². The van der Waals surface area contributed by atoms with Crippen molar-refractivity contribution in [2.75, 3.05) is 20.0 Å². The molecule has 1 amide bonds. The van der Waals surface area contributed by atoms with Crippen molar-refractivity contribution in [3.8, 4) is 0 Å². The zero-order valence-corrected chi connectivity index (χ0v) is 37.3. The van der Waals surface area contributed by atoms with Gasteiger partial charge in [0.25, 0.3) is 0 Å². The smallest absolute Gasteiger partial charge is 0.305 e. The van der Waals surface area contributed by atoms with Crippen LogP contribution in [-0.2, 0) is 51.1 Å². The Morgan fingerprint density at radius 1 is 0.500 bits per heavy atom. The topological polar surface area (TPSA) is 199 Å². The highest BCUT2D eigenvalue weighted by Crippen LogP contribution is 2.10. The molecule has 0 aliphatic heterocycles. The standard InChI is InChI=1S/C16H22O3.C15H21NO3.C9H16O4.C6H7N.CH4.HI/c1-19-16(18)12-8-3-2-7-11-15(17)13-14-9-5-4-6-10-14;17-14(12-13-8-4-3-5-9-13)10-6-1-2-7-11-15(18)16-19;1-13-9(12)7-5-3-2-4-6-8(10)11;7-6-4-2-1-3-5-6;;/h4-6,9-10H,2-3,7-8,11-13H2,1H3;3-5,8-9,19H,1-2,6-7,10-12H2,(H,16,18);2-7H2,1H3,(H,10,11);1-5H,7H2;1H4;1H. The maximum atomic E-state index is 11.7. The molecule has 0 atom stereocenters. The summed E-state index contributed by atoms with van der Waals surface area (Å²) in [7, 11) is 2.78. The molecule has 13 heteroatoms. The van der Waals surface area contributed by atoms with Crippen LogP contribution in [0.5, 0.6) is 0 Å². The molecule has 0 saturated heterocycles. The van der Waals surface area contributed by atoms with Crippen LogP contribution in [0, 0.1) is 0 Å². The number of carbonyl (C=O) groups excluding carboxylic acids is 5. The van der Waals surface area contributed by atoms with Gasteiger partial charge in [0.2, 0.25) is 5.91 Å². The number of hydrogen-bond donors (Lipinski definition) is 4. The molecule has 3 rings (SSSR count). The number of aliphatic carboxylic acids is 1. The number of ketones is 2. The summed E-state index contributed by atoms with van der Waals surface area (Å²) in [5.41, 5.74) is 9.93. The van der Waals surface area contributed by atoms with Crippen LogP contribution in [0.3, 0.4) is 0 Å². The van der Waals surface area contributed by atoms with Crippen LogP contribution in [-0.4, -0.2) is 59.9 Å². The van der Waals surface area contributed by atoms with Gasteiger partial charge in [-0.05, 0) is 61.8 Å². The number of carboxylic acids is 1. The van der Waals surface area contributed by atoms with Crippen molar-refractivity contribution < 1.29 is 48.6 Å². The van der Waals surface area contributed by atoms with E-state index in [2.05, 4.69) is 9.47 Å². The van der Waals surface area contributed by atoms with E-state index in [4.69, 9.17) is 16.0 Å². The number of anilines is 1. The lowest BCUT2D eigenvalue weighted by Crippen LogP contribution is -2.17. The molecule has 336 valence electrons. The number of rotatable bonds is 25. The Morgan fingerprint density at radius 3 is 1.12 bits per heavy atom. The molecular formula is C47H71IN2O10. The molecule has 3 aromatic carbocycles. The van der Waals surface area contributed by atoms with Crippen molar-refractivity contribution in [2.24, 2.45) is 0 Å². The number of benzene rings is 3. The summed E-state index contributed by atoms with van der Waals surface area (Å²) in [6, 6.07) is 29.1. The number of esters is 2. The van der Waals surface area contributed by atoms with E-state index >= 15 is 0 Å². The molecule has 12 nitrogen and oxygen atoms in total. The number of nitrogen functional groups attached to an aromatic ring is 1. The van der Waals surface area contributed by atoms with Gasteiger partial charge in [-0.25, -0.2) is 5.48 Å². The molecular weight excluding hydrogens is 879 g/mol. The molecule has 0 saturated carbocycles. The number of methoxy groups -OCH3 is 2. The summed E-state index contributed by atoms with van der Waals surface area (Å²) < 4.78 is 9.03. The van der Waals surface area contributed by atoms with Crippen LogP contribution >= 0.6 is 24.0 Å². The minimum atomic E-state index is -0.757. The normalized spacial score (nSPS) is 9.52. The molecule has 0 heterocycles. The van der Waals surface area contributed by atoms with Crippen LogP contribution in [0.1, 0.15) is 134 Å². The monoisotopic (exact) mass is 950 g/mol. The fourth-order valence-electron chi connectivity index (χ4n) is 5.34. The predicted molar refractivity (Wildman–Crippen MR) is 248 cm³/mol. The van der Waals surface area contributed by atoms with Crippen molar-refractivity contribution in [1.29, 1.82) is 0 Å². The van der Waals surface area contributed by atoms with Crippen LogP contribution in [0.25, 0.3) is 0 Å². The number of para-hydroxylation sites is 1. The maximum Gasteiger partial charge on any atom is 0.305 e. The second kappa shape index (κ2) is 42.5. The largest absolute Gasteiger partial charge is 0.481 e. The van der Waals surface area contributed by atoms with Crippen LogP contribution in [0.4, 0.5) is 5.69 Å². The minimum Gasteiger partial charge on any atom is -0.481 e. The Bertz CT molecular complexity index is 1450. The first kappa shape index (κ1) is 59.7. The fourth-order valence-corrected chi connectivity index (χ4v) is 5.34. The number of ether oxygens (including phenoxy) is 2. The summed E-state index contributed by atoms with van der Waals surface area (Å²) >= 11 is 0. The van der Waals surface area contributed by atoms with Gasteiger partial charge >= 0.3 is 17.9 Å². The van der Waals surface area contributed by atoms with Crippen LogP contribution in [0.2, 0.25) is 0 Å². The summed E-state index contributed by atoms with van der Waals surface area (Å²) in [5.74, 6) is -0.898. The molecule has 0 aliphatic carbocycles. The van der Waals surface area contributed by atoms with E-state index in [0.717, 1.165) is 87.4 Å². The van der Waals surface area contributed by atoms with E-state index in [1.54, 1.807) is 5.48 Å². The summed E-state index contributed by atoms with van der Waals surface area (Å²) in [4.78, 5) is 65.8. The van der Waals surface area contributed by atoms with Gasteiger partial charge in [-0.15, -0.1) is 24.0 Å². The SMILES string of the molecule is C.COC(=O)CCCCCCC(=O)Cc1ccccc1.COC(=O)CCCCCCC(=O)O.I.Nc1ccccc1.O=C(CCCCCCC(=O)NO)Cc1ccccc1. The van der Waals surface area contributed by atoms with E-state index in [1.807, 2.05) is 91.0 Å². The number of Topliss-reactive ketones (excluding diaryl/α,β-unsaturated/α-hetero) is 2. The number of unbranched alkanes of at least 4 members (excludes halogenated alkanes) is 9. The van der Waals surface area contributed by atoms with Gasteiger partial charge in [0, 0.05) is 57.1 Å². The molecule has 60 heavy (non-hydrogen) atoms. The zero-order valence-electron chi connectivity index (χ0n) is 34.9. The number of nitrogens with two attached hydrogens (primary N) is 1. The fraction of sp³-hybridized carbons (Fsp3) is 0.489. The Kier molecular flexibility index (Phi) is 42.3. The third-order valence-corrected chi connectivity index (χ3v) is 8.59. The Hall–Kier alpha value is -4.63. The highest BCUT2D eigenvalue weighted by Gasteiger charge is 2.06. The van der Waals surface area contributed by atoms with Crippen LogP contribution < -0.4 is 11.2 Å². The summed E-state index contributed by atoms with van der Waals surface area (Å²) in [6.45, 7) is 0. The molecule has 3 aromatic rings. The number of carbonyl (C=O) groups is 6. The van der Waals surface area contributed by atoms with E-state index in [0.29, 0.717) is 57.1 Å². The van der Waals surface area contributed by atoms with Crippen LogP contribution in [0.15, 0.2) is 91.0 Å². The highest BCUT2D eigenvalue weighted by molar-refractivity contribution is 14.0. The number of hydroxylamine groups is 1. The first-order chi connectivity index (χ1) is 28.0. The first-order valence-corrected chi connectivity index (χ1v) is 20.2. The van der Waals surface area contributed by atoms with E-state index in [1.165, 1.54) is 14.2 Å². The number of amides is 1. The predicted octanol–water partition coefficient (Wildman–Crippen LogP) is 10.1. The van der Waals surface area contributed by atoms with Crippen molar-refractivity contribution in [3.05, 3.63) is 102 Å². The van der Waals surface area contributed by atoms with Gasteiger partial charge in [0.05, 0.1) is 14.2 Å². The number of nitrogens with one attached hydrogen (secondary N) is 1. The lowest BCUT2D eigenvalue weighted by atomic mass is 10.0. The molecule has 0 unspecified atom stereocenters. The van der Waals surface area contributed by atoms with Crippen molar-refractivity contribution in [1.82, 2.24) is 5.48 Å². The van der Waals surface area contributed by atoms with Gasteiger partial charge < -0.3 is 20.3 Å². The first-order valence-electron chi connectivity index (χ1n) is 20.2. The van der Waals surface area contributed by atoms with E-state index < -0.39 is 5.97 Å². The third kappa shape index (κ3) is 40.2. The number of halogens is 1. The molecule has 0 radical (unpaired) electrons. The van der Waals surface area contributed by atoms with Gasteiger partial charge in [0.1, 0.15) is 11.6 Å². The van der Waals surface area contributed by atoms with Crippen molar-refractivity contribution >= 4 is 65.0 Å². The summed E-state index contributed by atoms with van der Waals surface area (Å²) in [5, 5.41) is 16.6. The lowest BCUT2D eigenvalue weighted by molar-refractivity contribution is -0.141. The second-order valence-electron chi connectivity index (χ2n) is 13.6. The average molecular weight is 951 g/mol. The van der Waals surface area contributed by atoms with Gasteiger partial charge in [-0.2, -0.15) is 0 Å². The zero-order chi connectivity index (χ0) is 43.1. The van der Waals surface area contributed by atoms with Gasteiger partial charge in [0.15, 0.2) is 0 Å². The minimum absolute atomic E-state index is 0. The molecule has 0 spiro atoms. The average Bonchev–Trinajstić information content (AvgIpc) is 3.23. The second-order valence-corrected chi connectivity index (χ2v) is 13.6. The number of carboxylic acid groups (broad SMARTS) is 1. The lowest BCUT2D eigenvalue weighted by Gasteiger charge is -2.02. The molecule has 0 fully saturated rings. The number of hydrogen-bond acceptors (Lipinski definition) is 10. The Labute approximate surface area is 375 Å². The Morgan fingerprint density at radius 2 is 0.817 bits per heavy atom. The Balaban J connectivity index is -0.000000749. The van der Waals surface area contributed by atoms with Gasteiger partial charge in [-0.3, -0.25) is 34.0 Å². The quantitative estimate of drug-likeness (QED) is 0.0157. The molecule has 0 aliphatic rings. The highest BCUT2D eigenvalue weighted by atomic mass is 127. The van der Waals surface area contributed by atoms with Gasteiger partial charge in [-0.1, -0.05) is 125 Å². The summed E-state index contributed by atoms with van der Waals surface area (Å²) in [6.07, 6.45) is 14.2. The van der Waals surface area contributed by atoms with Crippen molar-refractivity contribution in [2.45, 2.75) is 136 Å². The van der Waals surface area contributed by atoms with E-state index in [-0.39, 0.29) is 61.5 Å². The molecule has 0 bridgehead atoms. The third-order valence-electron chi connectivity index (χ3n) is 8.59. The van der Waals surface area contributed by atoms with Crippen molar-refractivity contribution in [3.63, 3.8) is 0 Å². The maximum absolute atomic E-state index is 11.7. The molecule has 0 aromatic heterocycles.